The van der Waals surface area contributed by atoms with Crippen molar-refractivity contribution in [2.45, 2.75) is 44.4 Å². The number of nitrogens with two attached hydrogens (primary N) is 1. The molecule has 10 nitrogen and oxygen atoms in total. The summed E-state index contributed by atoms with van der Waals surface area (Å²) in [5.74, 6) is 0.0194. The van der Waals surface area contributed by atoms with Crippen LogP contribution in [-0.4, -0.2) is 59.3 Å². The molecule has 2 aromatic rings. The van der Waals surface area contributed by atoms with Gasteiger partial charge in [-0.15, -0.1) is 0 Å². The summed E-state index contributed by atoms with van der Waals surface area (Å²) in [5, 5.41) is 29.1. The van der Waals surface area contributed by atoms with E-state index in [1.165, 1.54) is 15.5 Å². The molecule has 4 atom stereocenters. The molecule has 0 saturated carbocycles. The number of hydrogen-bond acceptors (Lipinski definition) is 8. The van der Waals surface area contributed by atoms with Gasteiger partial charge in [-0.3, -0.25) is 13.9 Å². The van der Waals surface area contributed by atoms with Crippen molar-refractivity contribution in [1.82, 2.24) is 19.1 Å². The normalized spacial score (nSPS) is 28.1. The quantitative estimate of drug-likeness (QED) is 0.525. The zero-order valence-electron chi connectivity index (χ0n) is 12.7. The molecule has 1 aliphatic heterocycles. The first-order valence-electron chi connectivity index (χ1n) is 7.23. The third-order valence-electron chi connectivity index (χ3n) is 3.96. The van der Waals surface area contributed by atoms with E-state index < -0.39 is 36.7 Å². The number of hydrogen-bond donors (Lipinski definition) is 4. The summed E-state index contributed by atoms with van der Waals surface area (Å²) < 4.78 is 8.08. The van der Waals surface area contributed by atoms with Crippen LogP contribution in [0.3, 0.4) is 0 Å². The molecule has 2 aromatic heterocycles. The monoisotopic (exact) mass is 325 g/mol. The second-order valence-electron chi connectivity index (χ2n) is 5.79. The Bertz CT molecular complexity index is 785. The van der Waals surface area contributed by atoms with Gasteiger partial charge in [0.25, 0.3) is 5.56 Å². The van der Waals surface area contributed by atoms with Crippen molar-refractivity contribution in [1.29, 1.82) is 0 Å². The minimum atomic E-state index is -1.29. The molecule has 1 fully saturated rings. The Hall–Kier alpha value is -2.01. The van der Waals surface area contributed by atoms with Crippen molar-refractivity contribution in [3.63, 3.8) is 0 Å². The maximum Gasteiger partial charge on any atom is 0.283 e. The van der Waals surface area contributed by atoms with Gasteiger partial charge in [0.2, 0.25) is 5.95 Å². The van der Waals surface area contributed by atoms with Crippen LogP contribution in [0.5, 0.6) is 0 Å². The van der Waals surface area contributed by atoms with Crippen LogP contribution in [-0.2, 0) is 4.74 Å². The van der Waals surface area contributed by atoms with Gasteiger partial charge in [-0.25, -0.2) is 4.98 Å². The lowest BCUT2D eigenvalue weighted by atomic mass is 10.1. The standard InChI is InChI=1S/C13H19N5O5/c1-5(2)18-11(22)7-10(16-13(18)14)17(4-15-7)12-9(21)8(20)6(3-19)23-12/h4-6,8-9,12,19-21H,3H2,1-2H3,(H2,14,16)/t6-,8?,9?,12-/m1/s1. The molecule has 1 saturated heterocycles. The number of nitrogens with zero attached hydrogens (tertiary/aromatic N) is 4. The SMILES string of the molecule is CC(C)n1c(N)nc2c(ncn2[C@@H]2O[C@H](CO)C(O)C2O)c1=O. The van der Waals surface area contributed by atoms with Gasteiger partial charge >= 0.3 is 0 Å². The molecule has 2 unspecified atom stereocenters. The van der Waals surface area contributed by atoms with Gasteiger partial charge < -0.3 is 25.8 Å². The number of aromatic nitrogens is 4. The van der Waals surface area contributed by atoms with Crippen LogP contribution in [0, 0.1) is 0 Å². The first kappa shape index (κ1) is 15.9. The minimum absolute atomic E-state index is 0.0194. The number of nitrogen functional groups attached to an aromatic ring is 1. The summed E-state index contributed by atoms with van der Waals surface area (Å²) in [7, 11) is 0. The number of fused-ring (bicyclic) bond motifs is 1. The van der Waals surface area contributed by atoms with Gasteiger partial charge in [0.15, 0.2) is 17.4 Å². The summed E-state index contributed by atoms with van der Waals surface area (Å²) in [6.45, 7) is 3.15. The highest BCUT2D eigenvalue weighted by atomic mass is 16.6. The molecule has 3 heterocycles. The Morgan fingerprint density at radius 2 is 2.09 bits per heavy atom. The van der Waals surface area contributed by atoms with Gasteiger partial charge in [-0.2, -0.15) is 4.98 Å². The fourth-order valence-corrected chi connectivity index (χ4v) is 2.79. The number of ether oxygens (including phenoxy) is 1. The van der Waals surface area contributed by atoms with E-state index >= 15 is 0 Å². The van der Waals surface area contributed by atoms with E-state index in [0.717, 1.165) is 0 Å². The Labute approximate surface area is 130 Å². The van der Waals surface area contributed by atoms with Crippen molar-refractivity contribution in [2.24, 2.45) is 0 Å². The summed E-state index contributed by atoms with van der Waals surface area (Å²) in [5.41, 5.74) is 5.69. The molecule has 0 aromatic carbocycles. The Morgan fingerprint density at radius 1 is 1.39 bits per heavy atom. The molecule has 0 spiro atoms. The topological polar surface area (TPSA) is 149 Å². The highest BCUT2D eigenvalue weighted by molar-refractivity contribution is 5.71. The fraction of sp³-hybridized carbons (Fsp3) is 0.615. The zero-order chi connectivity index (χ0) is 16.9. The van der Waals surface area contributed by atoms with Gasteiger partial charge in [0.1, 0.15) is 18.3 Å². The lowest BCUT2D eigenvalue weighted by Crippen LogP contribution is -2.33. The predicted octanol–water partition coefficient (Wildman–Crippen LogP) is -1.63. The second-order valence-corrected chi connectivity index (χ2v) is 5.79. The second kappa shape index (κ2) is 5.57. The van der Waals surface area contributed by atoms with Crippen LogP contribution in [0.1, 0.15) is 26.1 Å². The average Bonchev–Trinajstić information content (AvgIpc) is 3.01. The Balaban J connectivity index is 2.13. The molecule has 0 amide bonds. The number of aliphatic hydroxyl groups excluding tert-OH is 3. The largest absolute Gasteiger partial charge is 0.394 e. The zero-order valence-corrected chi connectivity index (χ0v) is 12.7. The van der Waals surface area contributed by atoms with E-state index in [9.17, 15) is 15.0 Å². The van der Waals surface area contributed by atoms with Gasteiger partial charge in [0, 0.05) is 6.04 Å². The molecule has 23 heavy (non-hydrogen) atoms. The molecular weight excluding hydrogens is 306 g/mol. The van der Waals surface area contributed by atoms with Crippen LogP contribution in [0.4, 0.5) is 5.95 Å². The molecular formula is C13H19N5O5. The van der Waals surface area contributed by atoms with Crippen LogP contribution >= 0.6 is 0 Å². The highest BCUT2D eigenvalue weighted by Crippen LogP contribution is 2.31. The van der Waals surface area contributed by atoms with E-state index in [0.29, 0.717) is 0 Å². The third-order valence-corrected chi connectivity index (χ3v) is 3.96. The van der Waals surface area contributed by atoms with Crippen molar-refractivity contribution in [3.8, 4) is 0 Å². The summed E-state index contributed by atoms with van der Waals surface area (Å²) >= 11 is 0. The van der Waals surface area contributed by atoms with Gasteiger partial charge in [-0.05, 0) is 13.8 Å². The van der Waals surface area contributed by atoms with E-state index in [1.54, 1.807) is 13.8 Å². The molecule has 1 aliphatic rings. The molecule has 10 heteroatoms. The average molecular weight is 325 g/mol. The van der Waals surface area contributed by atoms with E-state index in [1.807, 2.05) is 0 Å². The van der Waals surface area contributed by atoms with Gasteiger partial charge in [0.05, 0.1) is 12.9 Å². The Morgan fingerprint density at radius 3 is 2.65 bits per heavy atom. The van der Waals surface area contributed by atoms with Gasteiger partial charge in [-0.1, -0.05) is 0 Å². The van der Waals surface area contributed by atoms with Crippen molar-refractivity contribution < 1.29 is 20.1 Å². The van der Waals surface area contributed by atoms with E-state index in [-0.39, 0.29) is 23.2 Å². The maximum atomic E-state index is 12.5. The van der Waals surface area contributed by atoms with E-state index in [4.69, 9.17) is 15.6 Å². The van der Waals surface area contributed by atoms with Crippen molar-refractivity contribution in [3.05, 3.63) is 16.7 Å². The lowest BCUT2D eigenvalue weighted by molar-refractivity contribution is -0.0511. The van der Waals surface area contributed by atoms with Crippen LogP contribution in [0.15, 0.2) is 11.1 Å². The number of imidazole rings is 1. The third kappa shape index (κ3) is 2.30. The summed E-state index contributed by atoms with van der Waals surface area (Å²) in [6.07, 6.45) is -3.20. The van der Waals surface area contributed by atoms with Crippen molar-refractivity contribution in [2.75, 3.05) is 12.3 Å². The molecule has 5 N–H and O–H groups in total. The molecule has 126 valence electrons. The minimum Gasteiger partial charge on any atom is -0.394 e. The number of rotatable bonds is 3. The molecule has 0 aliphatic carbocycles. The summed E-state index contributed by atoms with van der Waals surface area (Å²) in [6, 6.07) is -0.182. The Kier molecular flexibility index (Phi) is 3.84. The first-order chi connectivity index (χ1) is 10.9. The van der Waals surface area contributed by atoms with E-state index in [2.05, 4.69) is 9.97 Å². The summed E-state index contributed by atoms with van der Waals surface area (Å²) in [4.78, 5) is 20.7. The number of anilines is 1. The lowest BCUT2D eigenvalue weighted by Gasteiger charge is -2.17. The first-order valence-corrected chi connectivity index (χ1v) is 7.23. The molecule has 0 bridgehead atoms. The highest BCUT2D eigenvalue weighted by Gasteiger charge is 2.44. The van der Waals surface area contributed by atoms with Crippen molar-refractivity contribution >= 4 is 17.1 Å². The van der Waals surface area contributed by atoms with Crippen LogP contribution in [0.2, 0.25) is 0 Å². The smallest absolute Gasteiger partial charge is 0.283 e. The fourth-order valence-electron chi connectivity index (χ4n) is 2.79. The van der Waals surface area contributed by atoms with Crippen LogP contribution < -0.4 is 11.3 Å². The maximum absolute atomic E-state index is 12.5. The predicted molar refractivity (Wildman–Crippen MR) is 79.6 cm³/mol. The molecule has 3 rings (SSSR count). The number of aliphatic hydroxyl groups is 3. The molecule has 0 radical (unpaired) electrons. The van der Waals surface area contributed by atoms with Crippen LogP contribution in [0.25, 0.3) is 11.2 Å².